The second-order valence-electron chi connectivity index (χ2n) is 3.83. The number of hydrogen-bond acceptors (Lipinski definition) is 4. The molecule has 1 atom stereocenters. The van der Waals surface area contributed by atoms with Crippen LogP contribution in [0.2, 0.25) is 8.67 Å². The van der Waals surface area contributed by atoms with Crippen molar-refractivity contribution < 1.29 is 8.42 Å². The molecule has 4 nitrogen and oxygen atoms in total. The minimum atomic E-state index is -3.50. The van der Waals surface area contributed by atoms with E-state index in [1.54, 1.807) is 0 Å². The standard InChI is InChI=1S/C9H12Cl2N2O2S2.ClH/c1-12-6-2-3-13(5-6)17(14,15)7-4-8(10)16-9(7)11;/h4,6,12H,2-3,5H2,1H3;1H. The third-order valence-corrected chi connectivity index (χ3v) is 6.42. The first-order valence-electron chi connectivity index (χ1n) is 5.07. The molecule has 2 rings (SSSR count). The first kappa shape index (κ1) is 16.5. The summed E-state index contributed by atoms with van der Waals surface area (Å²) in [4.78, 5) is 0.117. The fraction of sp³-hybridized carbons (Fsp3) is 0.556. The van der Waals surface area contributed by atoms with Crippen LogP contribution in [0.5, 0.6) is 0 Å². The Morgan fingerprint density at radius 3 is 2.61 bits per heavy atom. The van der Waals surface area contributed by atoms with E-state index >= 15 is 0 Å². The molecular weight excluding hydrogens is 339 g/mol. The van der Waals surface area contributed by atoms with E-state index in [4.69, 9.17) is 23.2 Å². The number of nitrogens with zero attached hydrogens (tertiary/aromatic N) is 1. The van der Waals surface area contributed by atoms with Crippen LogP contribution in [0, 0.1) is 0 Å². The third-order valence-electron chi connectivity index (χ3n) is 2.80. The van der Waals surface area contributed by atoms with E-state index in [2.05, 4.69) is 5.32 Å². The lowest BCUT2D eigenvalue weighted by Gasteiger charge is -2.15. The number of thiophene rings is 1. The van der Waals surface area contributed by atoms with Gasteiger partial charge in [0.1, 0.15) is 9.23 Å². The van der Waals surface area contributed by atoms with Gasteiger partial charge in [0.25, 0.3) is 0 Å². The van der Waals surface area contributed by atoms with Crippen molar-refractivity contribution in [2.24, 2.45) is 0 Å². The van der Waals surface area contributed by atoms with Crippen molar-refractivity contribution in [1.29, 1.82) is 0 Å². The summed E-state index contributed by atoms with van der Waals surface area (Å²) in [5, 5.41) is 3.07. The summed E-state index contributed by atoms with van der Waals surface area (Å²) < 4.78 is 26.6. The molecule has 1 saturated heterocycles. The smallest absolute Gasteiger partial charge is 0.245 e. The van der Waals surface area contributed by atoms with Gasteiger partial charge in [-0.2, -0.15) is 4.31 Å². The zero-order valence-electron chi connectivity index (χ0n) is 9.52. The van der Waals surface area contributed by atoms with Crippen molar-refractivity contribution >= 4 is 57.0 Å². The normalized spacial score (nSPS) is 20.9. The van der Waals surface area contributed by atoms with Crippen molar-refractivity contribution in [3.8, 4) is 0 Å². The van der Waals surface area contributed by atoms with Gasteiger partial charge in [0.2, 0.25) is 10.0 Å². The molecule has 104 valence electrons. The van der Waals surface area contributed by atoms with Crippen molar-refractivity contribution in [2.75, 3.05) is 20.1 Å². The summed E-state index contributed by atoms with van der Waals surface area (Å²) in [5.74, 6) is 0. The highest BCUT2D eigenvalue weighted by Crippen LogP contribution is 2.36. The molecule has 1 aromatic rings. The molecule has 2 heterocycles. The fourth-order valence-electron chi connectivity index (χ4n) is 1.82. The van der Waals surface area contributed by atoms with Gasteiger partial charge in [0, 0.05) is 19.1 Å². The minimum absolute atomic E-state index is 0. The zero-order chi connectivity index (χ0) is 12.6. The maximum Gasteiger partial charge on any atom is 0.245 e. The lowest BCUT2D eigenvalue weighted by molar-refractivity contribution is 0.465. The second kappa shape index (κ2) is 6.26. The van der Waals surface area contributed by atoms with Gasteiger partial charge >= 0.3 is 0 Å². The molecule has 1 aromatic heterocycles. The van der Waals surface area contributed by atoms with Gasteiger partial charge in [0.15, 0.2) is 0 Å². The van der Waals surface area contributed by atoms with Crippen LogP contribution in [0.1, 0.15) is 6.42 Å². The van der Waals surface area contributed by atoms with Gasteiger partial charge in [0.05, 0.1) is 4.34 Å². The Balaban J connectivity index is 0.00000162. The molecule has 1 unspecified atom stereocenters. The minimum Gasteiger partial charge on any atom is -0.316 e. The molecule has 0 aromatic carbocycles. The first-order chi connectivity index (χ1) is 7.95. The molecule has 0 saturated carbocycles. The average Bonchev–Trinajstić information content (AvgIpc) is 2.85. The van der Waals surface area contributed by atoms with E-state index in [9.17, 15) is 8.42 Å². The van der Waals surface area contributed by atoms with Crippen molar-refractivity contribution in [2.45, 2.75) is 17.4 Å². The summed E-state index contributed by atoms with van der Waals surface area (Å²) in [5.41, 5.74) is 0. The predicted molar refractivity (Wildman–Crippen MR) is 77.8 cm³/mol. The maximum atomic E-state index is 12.3. The van der Waals surface area contributed by atoms with Gasteiger partial charge in [-0.3, -0.25) is 0 Å². The van der Waals surface area contributed by atoms with Gasteiger partial charge in [-0.05, 0) is 19.5 Å². The number of nitrogens with one attached hydrogen (secondary N) is 1. The molecule has 0 spiro atoms. The topological polar surface area (TPSA) is 49.4 Å². The number of rotatable bonds is 3. The quantitative estimate of drug-likeness (QED) is 0.910. The van der Waals surface area contributed by atoms with E-state index in [-0.39, 0.29) is 27.7 Å². The second-order valence-corrected chi connectivity index (χ2v) is 8.02. The van der Waals surface area contributed by atoms with E-state index in [0.29, 0.717) is 17.4 Å². The fourth-order valence-corrected chi connectivity index (χ4v) is 5.44. The van der Waals surface area contributed by atoms with Crippen LogP contribution in [-0.4, -0.2) is 38.9 Å². The largest absolute Gasteiger partial charge is 0.316 e. The Hall–Kier alpha value is 0.440. The van der Waals surface area contributed by atoms with E-state index in [1.807, 2.05) is 7.05 Å². The Labute approximate surface area is 127 Å². The molecule has 0 bridgehead atoms. The third kappa shape index (κ3) is 3.12. The Morgan fingerprint density at radius 2 is 2.17 bits per heavy atom. The molecule has 1 aliphatic rings. The molecule has 1 N–H and O–H groups in total. The molecule has 9 heteroatoms. The zero-order valence-corrected chi connectivity index (χ0v) is 13.5. The highest BCUT2D eigenvalue weighted by atomic mass is 35.5. The number of halogens is 3. The predicted octanol–water partition coefficient (Wildman–Crippen LogP) is 2.46. The van der Waals surface area contributed by atoms with Gasteiger partial charge in [-0.25, -0.2) is 8.42 Å². The Morgan fingerprint density at radius 1 is 1.50 bits per heavy atom. The summed E-state index contributed by atoms with van der Waals surface area (Å²) in [6.45, 7) is 0.986. The number of sulfonamides is 1. The molecule has 0 amide bonds. The van der Waals surface area contributed by atoms with Crippen molar-refractivity contribution in [1.82, 2.24) is 9.62 Å². The SMILES string of the molecule is CNC1CCN(S(=O)(=O)c2cc(Cl)sc2Cl)C1.Cl. The monoisotopic (exact) mass is 350 g/mol. The molecule has 0 aliphatic carbocycles. The lowest BCUT2D eigenvalue weighted by Crippen LogP contribution is -2.33. The highest BCUT2D eigenvalue weighted by molar-refractivity contribution is 7.89. The number of likely N-dealkylation sites (N-methyl/N-ethyl adjacent to an activating group) is 1. The van der Waals surface area contributed by atoms with Crippen molar-refractivity contribution in [3.63, 3.8) is 0 Å². The molecule has 1 fully saturated rings. The maximum absolute atomic E-state index is 12.3. The molecule has 18 heavy (non-hydrogen) atoms. The summed E-state index contributed by atoms with van der Waals surface area (Å²) >= 11 is 12.7. The number of hydrogen-bond donors (Lipinski definition) is 1. The first-order valence-corrected chi connectivity index (χ1v) is 8.08. The van der Waals surface area contributed by atoms with Gasteiger partial charge in [-0.15, -0.1) is 23.7 Å². The average molecular weight is 352 g/mol. The highest BCUT2D eigenvalue weighted by Gasteiger charge is 2.34. The van der Waals surface area contributed by atoms with Crippen molar-refractivity contribution in [3.05, 3.63) is 14.7 Å². The van der Waals surface area contributed by atoms with Crippen LogP contribution in [0.3, 0.4) is 0 Å². The van der Waals surface area contributed by atoms with Crippen LogP contribution >= 0.6 is 46.9 Å². The van der Waals surface area contributed by atoms with Gasteiger partial charge < -0.3 is 5.32 Å². The molecule has 0 radical (unpaired) electrons. The van der Waals surface area contributed by atoms with Crippen LogP contribution in [-0.2, 0) is 10.0 Å². The van der Waals surface area contributed by atoms with Crippen LogP contribution in [0.25, 0.3) is 0 Å². The van der Waals surface area contributed by atoms with E-state index in [1.165, 1.54) is 10.4 Å². The van der Waals surface area contributed by atoms with Crippen LogP contribution < -0.4 is 5.32 Å². The molecular formula is C9H13Cl3N2O2S2. The van der Waals surface area contributed by atoms with E-state index in [0.717, 1.165) is 17.8 Å². The summed E-state index contributed by atoms with van der Waals surface area (Å²) in [7, 11) is -1.68. The van der Waals surface area contributed by atoms with Gasteiger partial charge in [-0.1, -0.05) is 23.2 Å². The summed E-state index contributed by atoms with van der Waals surface area (Å²) in [6.07, 6.45) is 0.811. The van der Waals surface area contributed by atoms with E-state index < -0.39 is 10.0 Å². The summed E-state index contributed by atoms with van der Waals surface area (Å²) in [6, 6.07) is 1.62. The Bertz CT molecular complexity index is 518. The van der Waals surface area contributed by atoms with Crippen LogP contribution in [0.4, 0.5) is 0 Å². The Kier molecular flexibility index (Phi) is 5.74. The van der Waals surface area contributed by atoms with Crippen LogP contribution in [0.15, 0.2) is 11.0 Å². The molecule has 1 aliphatic heterocycles. The lowest BCUT2D eigenvalue weighted by atomic mass is 10.3.